The van der Waals surface area contributed by atoms with Crippen LogP contribution >= 0.6 is 23.1 Å². The van der Waals surface area contributed by atoms with Crippen LogP contribution in [0.2, 0.25) is 0 Å². The maximum absolute atomic E-state index is 12.2. The zero-order chi connectivity index (χ0) is 17.3. The number of carbonyl (C=O) groups excluding carboxylic acids is 1. The molecule has 1 N–H and O–H groups in total. The summed E-state index contributed by atoms with van der Waals surface area (Å²) in [6.07, 6.45) is 1.31. The van der Waals surface area contributed by atoms with E-state index in [0.717, 1.165) is 35.9 Å². The summed E-state index contributed by atoms with van der Waals surface area (Å²) >= 11 is 2.83. The number of rotatable bonds is 4. The van der Waals surface area contributed by atoms with Gasteiger partial charge in [-0.05, 0) is 38.2 Å². The average molecular weight is 375 g/mol. The highest BCUT2D eigenvalue weighted by atomic mass is 32.2. The molecule has 0 aliphatic heterocycles. The third-order valence-electron chi connectivity index (χ3n) is 3.84. The van der Waals surface area contributed by atoms with Crippen LogP contribution in [-0.4, -0.2) is 33.8 Å². The molecule has 1 aliphatic carbocycles. The fourth-order valence-electron chi connectivity index (χ4n) is 2.70. The second-order valence-corrected chi connectivity index (χ2v) is 8.08. The molecule has 0 saturated heterocycles. The lowest BCUT2D eigenvalue weighted by atomic mass is 9.97. The van der Waals surface area contributed by atoms with E-state index in [0.29, 0.717) is 5.03 Å². The Bertz CT molecular complexity index is 760. The zero-order valence-corrected chi connectivity index (χ0v) is 14.6. The number of thioether (sulfide) groups is 1. The van der Waals surface area contributed by atoms with Crippen molar-refractivity contribution in [2.45, 2.75) is 49.1 Å². The van der Waals surface area contributed by atoms with Gasteiger partial charge in [-0.3, -0.25) is 4.79 Å². The van der Waals surface area contributed by atoms with Crippen molar-refractivity contribution >= 4 is 39.2 Å². The van der Waals surface area contributed by atoms with E-state index >= 15 is 0 Å². The number of aryl methyl sites for hydroxylation is 2. The smallest absolute Gasteiger partial charge is 0.346 e. The van der Waals surface area contributed by atoms with Gasteiger partial charge in [0.05, 0.1) is 5.25 Å². The predicted octanol–water partition coefficient (Wildman–Crippen LogP) is 3.73. The van der Waals surface area contributed by atoms with Gasteiger partial charge in [0.1, 0.15) is 22.7 Å². The van der Waals surface area contributed by atoms with Gasteiger partial charge in [0, 0.05) is 10.3 Å². The third-order valence-corrected chi connectivity index (χ3v) is 6.14. The Morgan fingerprint density at radius 2 is 2.12 bits per heavy atom. The summed E-state index contributed by atoms with van der Waals surface area (Å²) in [6.45, 7) is 0.271. The van der Waals surface area contributed by atoms with Crippen LogP contribution in [0.15, 0.2) is 11.4 Å². The molecule has 4 nitrogen and oxygen atoms in total. The van der Waals surface area contributed by atoms with Crippen LogP contribution in [-0.2, 0) is 17.6 Å². The average Bonchev–Trinajstić information content (AvgIpc) is 2.91. The lowest BCUT2D eigenvalue weighted by molar-refractivity contribution is -0.137. The van der Waals surface area contributed by atoms with Gasteiger partial charge in [-0.2, -0.15) is 13.2 Å². The monoisotopic (exact) mass is 375 g/mol. The summed E-state index contributed by atoms with van der Waals surface area (Å²) in [5.41, 5.74) is 1.24. The first-order valence-electron chi connectivity index (χ1n) is 7.61. The van der Waals surface area contributed by atoms with Crippen molar-refractivity contribution in [3.8, 4) is 0 Å². The van der Waals surface area contributed by atoms with Crippen LogP contribution in [0.4, 0.5) is 13.2 Å². The SMILES string of the molecule is C[C@H](Sc1ncnc2sc3c(c12)CCCC3)C(=O)NCC(F)(F)F. The highest BCUT2D eigenvalue weighted by Crippen LogP contribution is 2.40. The summed E-state index contributed by atoms with van der Waals surface area (Å²) < 4.78 is 36.7. The number of hydrogen-bond acceptors (Lipinski definition) is 5. The molecule has 3 rings (SSSR count). The number of halogens is 3. The lowest BCUT2D eigenvalue weighted by Crippen LogP contribution is -2.38. The number of carbonyl (C=O) groups is 1. The van der Waals surface area contributed by atoms with Crippen molar-refractivity contribution in [2.24, 2.45) is 0 Å². The number of thiophene rings is 1. The summed E-state index contributed by atoms with van der Waals surface area (Å²) in [5, 5.41) is 2.90. The van der Waals surface area contributed by atoms with Gasteiger partial charge in [-0.25, -0.2) is 9.97 Å². The van der Waals surface area contributed by atoms with Gasteiger partial charge < -0.3 is 5.32 Å². The molecule has 1 aliphatic rings. The van der Waals surface area contributed by atoms with Crippen LogP contribution in [0.1, 0.15) is 30.2 Å². The summed E-state index contributed by atoms with van der Waals surface area (Å²) in [4.78, 5) is 22.7. The molecule has 0 aromatic carbocycles. The second-order valence-electron chi connectivity index (χ2n) is 5.66. The van der Waals surface area contributed by atoms with Gasteiger partial charge >= 0.3 is 6.18 Å². The normalized spacial score (nSPS) is 16.0. The van der Waals surface area contributed by atoms with E-state index < -0.39 is 23.9 Å². The lowest BCUT2D eigenvalue weighted by Gasteiger charge is -2.14. The van der Waals surface area contributed by atoms with Crippen LogP contribution in [0.3, 0.4) is 0 Å². The standard InChI is InChI=1S/C15H16F3N3OS2/c1-8(12(22)19-6-15(16,17)18)23-13-11-9-4-2-3-5-10(9)24-14(11)21-7-20-13/h7-8H,2-6H2,1H3,(H,19,22)/t8-/m0/s1. The molecule has 0 spiro atoms. The molecular weight excluding hydrogens is 359 g/mol. The van der Waals surface area contributed by atoms with E-state index in [2.05, 4.69) is 9.97 Å². The third kappa shape index (κ3) is 3.83. The molecule has 1 amide bonds. The first kappa shape index (κ1) is 17.5. The Kier molecular flexibility index (Phi) is 5.00. The molecule has 0 fully saturated rings. The van der Waals surface area contributed by atoms with Crippen LogP contribution in [0.25, 0.3) is 10.2 Å². The minimum atomic E-state index is -4.41. The maximum atomic E-state index is 12.2. The van der Waals surface area contributed by atoms with Crippen LogP contribution in [0, 0.1) is 0 Å². The van der Waals surface area contributed by atoms with Crippen molar-refractivity contribution in [3.05, 3.63) is 16.8 Å². The van der Waals surface area contributed by atoms with Gasteiger partial charge in [0.2, 0.25) is 5.91 Å². The molecule has 1 atom stereocenters. The number of aromatic nitrogens is 2. The van der Waals surface area contributed by atoms with Crippen molar-refractivity contribution in [2.75, 3.05) is 6.54 Å². The zero-order valence-electron chi connectivity index (χ0n) is 12.9. The molecule has 2 aromatic rings. The molecule has 2 aromatic heterocycles. The van der Waals surface area contributed by atoms with Crippen molar-refractivity contribution in [1.82, 2.24) is 15.3 Å². The molecular formula is C15H16F3N3OS2. The number of alkyl halides is 3. The fourth-order valence-corrected chi connectivity index (χ4v) is 4.97. The number of amides is 1. The Morgan fingerprint density at radius 3 is 2.88 bits per heavy atom. The predicted molar refractivity (Wildman–Crippen MR) is 88.4 cm³/mol. The van der Waals surface area contributed by atoms with Gasteiger partial charge in [-0.1, -0.05) is 11.8 Å². The summed E-state index contributed by atoms with van der Waals surface area (Å²) in [6, 6.07) is 0. The summed E-state index contributed by atoms with van der Waals surface area (Å²) in [7, 11) is 0. The number of nitrogens with one attached hydrogen (secondary N) is 1. The number of fused-ring (bicyclic) bond motifs is 3. The van der Waals surface area contributed by atoms with Gasteiger partial charge in [-0.15, -0.1) is 11.3 Å². The Balaban J connectivity index is 1.80. The Morgan fingerprint density at radius 1 is 1.38 bits per heavy atom. The molecule has 0 saturated carbocycles. The Hall–Kier alpha value is -1.35. The van der Waals surface area contributed by atoms with Gasteiger partial charge in [0.15, 0.2) is 0 Å². The highest BCUT2D eigenvalue weighted by molar-refractivity contribution is 8.00. The van der Waals surface area contributed by atoms with Crippen molar-refractivity contribution in [1.29, 1.82) is 0 Å². The largest absolute Gasteiger partial charge is 0.405 e. The molecule has 2 heterocycles. The number of hydrogen-bond donors (Lipinski definition) is 1. The van der Waals surface area contributed by atoms with E-state index in [1.54, 1.807) is 18.3 Å². The first-order chi connectivity index (χ1) is 11.3. The second kappa shape index (κ2) is 6.87. The van der Waals surface area contributed by atoms with E-state index in [1.165, 1.54) is 28.5 Å². The molecule has 0 bridgehead atoms. The first-order valence-corrected chi connectivity index (χ1v) is 9.31. The molecule has 9 heteroatoms. The topological polar surface area (TPSA) is 54.9 Å². The molecule has 130 valence electrons. The minimum absolute atomic E-state index is 0.645. The van der Waals surface area contributed by atoms with Crippen molar-refractivity contribution < 1.29 is 18.0 Å². The Labute approximate surface area is 145 Å². The van der Waals surface area contributed by atoms with E-state index in [4.69, 9.17) is 0 Å². The molecule has 24 heavy (non-hydrogen) atoms. The molecule has 0 unspecified atom stereocenters. The van der Waals surface area contributed by atoms with E-state index in [1.807, 2.05) is 5.32 Å². The van der Waals surface area contributed by atoms with Crippen LogP contribution in [0.5, 0.6) is 0 Å². The quantitative estimate of drug-likeness (QED) is 0.654. The minimum Gasteiger partial charge on any atom is -0.346 e. The summed E-state index contributed by atoms with van der Waals surface area (Å²) in [5.74, 6) is -0.645. The maximum Gasteiger partial charge on any atom is 0.405 e. The fraction of sp³-hybridized carbons (Fsp3) is 0.533. The van der Waals surface area contributed by atoms with E-state index in [-0.39, 0.29) is 0 Å². The van der Waals surface area contributed by atoms with E-state index in [9.17, 15) is 18.0 Å². The van der Waals surface area contributed by atoms with Crippen LogP contribution < -0.4 is 5.32 Å². The molecule has 0 radical (unpaired) electrons. The number of nitrogens with zero attached hydrogens (tertiary/aromatic N) is 2. The van der Waals surface area contributed by atoms with Crippen molar-refractivity contribution in [3.63, 3.8) is 0 Å². The van der Waals surface area contributed by atoms with Gasteiger partial charge in [0.25, 0.3) is 0 Å². The highest BCUT2D eigenvalue weighted by Gasteiger charge is 2.29.